The van der Waals surface area contributed by atoms with E-state index < -0.39 is 23.6 Å². The van der Waals surface area contributed by atoms with Crippen LogP contribution in [0.15, 0.2) is 41.3 Å². The number of piperazine rings is 1. The molecule has 1 aliphatic rings. The van der Waals surface area contributed by atoms with E-state index in [2.05, 4.69) is 20.3 Å². The van der Waals surface area contributed by atoms with E-state index in [4.69, 9.17) is 0 Å². The molecule has 0 aliphatic carbocycles. The molecule has 1 unspecified atom stereocenters. The summed E-state index contributed by atoms with van der Waals surface area (Å²) in [5.41, 5.74) is -0.622. The number of anilines is 1. The summed E-state index contributed by atoms with van der Waals surface area (Å²) in [6.07, 6.45) is -3.38. The molecule has 5 rings (SSSR count). The van der Waals surface area contributed by atoms with Crippen LogP contribution >= 0.6 is 0 Å². The van der Waals surface area contributed by atoms with Gasteiger partial charge in [0, 0.05) is 31.4 Å². The Morgan fingerprint density at radius 1 is 1.12 bits per heavy atom. The van der Waals surface area contributed by atoms with Crippen LogP contribution in [-0.2, 0) is 0 Å². The lowest BCUT2D eigenvalue weighted by atomic mass is 10.0. The van der Waals surface area contributed by atoms with Crippen LogP contribution in [0.25, 0.3) is 28.0 Å². The molecule has 12 heteroatoms. The van der Waals surface area contributed by atoms with Gasteiger partial charge >= 0.3 is 11.9 Å². The van der Waals surface area contributed by atoms with E-state index in [1.165, 1.54) is 30.5 Å². The average molecular weight is 571 g/mol. The summed E-state index contributed by atoms with van der Waals surface area (Å²) in [5, 5.41) is 14.3. The fourth-order valence-corrected chi connectivity index (χ4v) is 5.30. The molecule has 8 nitrogen and oxygen atoms in total. The number of pyridine rings is 2. The fourth-order valence-electron chi connectivity index (χ4n) is 5.30. The third-order valence-corrected chi connectivity index (χ3v) is 7.58. The van der Waals surface area contributed by atoms with Crippen molar-refractivity contribution in [2.75, 3.05) is 18.0 Å². The standard InChI is InChI=1S/C29H30F4N6O2/c1-14-9-10-34-24(18(5)29(31,32)33)25(14)39-27-19(26(37-28(39)41)38-13-16(3)35-12-17(38)4)11-15(2)23(36-27)22-20(30)7-6-8-21(22)40/h6-11,16-18,35,40H,12-13H2,1-5H3/t16-,17+,18?/m1/s1. The van der Waals surface area contributed by atoms with Gasteiger partial charge in [0.25, 0.3) is 0 Å². The largest absolute Gasteiger partial charge is 0.507 e. The van der Waals surface area contributed by atoms with E-state index in [-0.39, 0.29) is 46.1 Å². The molecular formula is C29H30F4N6O2. The molecule has 1 aromatic carbocycles. The molecule has 3 aromatic heterocycles. The number of aromatic hydroxyl groups is 1. The van der Waals surface area contributed by atoms with Crippen molar-refractivity contribution in [2.45, 2.75) is 58.8 Å². The molecule has 0 radical (unpaired) electrons. The van der Waals surface area contributed by atoms with Gasteiger partial charge in [-0.05, 0) is 70.0 Å². The Morgan fingerprint density at radius 3 is 2.54 bits per heavy atom. The highest BCUT2D eigenvalue weighted by atomic mass is 19.4. The van der Waals surface area contributed by atoms with Crippen molar-refractivity contribution in [3.63, 3.8) is 0 Å². The Kier molecular flexibility index (Phi) is 7.22. The highest BCUT2D eigenvalue weighted by molar-refractivity contribution is 5.92. The Labute approximate surface area is 233 Å². The van der Waals surface area contributed by atoms with Gasteiger partial charge in [-0.3, -0.25) is 4.98 Å². The molecule has 4 heterocycles. The summed E-state index contributed by atoms with van der Waals surface area (Å²) in [7, 11) is 0. The average Bonchev–Trinajstić information content (AvgIpc) is 2.89. The maximum absolute atomic E-state index is 15.0. The number of rotatable bonds is 4. The summed E-state index contributed by atoms with van der Waals surface area (Å²) < 4.78 is 57.9. The third-order valence-electron chi connectivity index (χ3n) is 7.58. The first-order chi connectivity index (χ1) is 19.3. The summed E-state index contributed by atoms with van der Waals surface area (Å²) in [5.74, 6) is -2.78. The highest BCUT2D eigenvalue weighted by Crippen LogP contribution is 2.39. The Hall–Kier alpha value is -4.06. The molecule has 0 saturated carbocycles. The fraction of sp³-hybridized carbons (Fsp3) is 0.379. The Bertz CT molecular complexity index is 1680. The van der Waals surface area contributed by atoms with Crippen LogP contribution in [0.4, 0.5) is 23.4 Å². The van der Waals surface area contributed by atoms with Crippen molar-refractivity contribution in [2.24, 2.45) is 0 Å². The summed E-state index contributed by atoms with van der Waals surface area (Å²) in [4.78, 5) is 28.9. The highest BCUT2D eigenvalue weighted by Gasteiger charge is 2.40. The second kappa shape index (κ2) is 10.4. The van der Waals surface area contributed by atoms with Crippen LogP contribution in [0.3, 0.4) is 0 Å². The number of alkyl halides is 3. The quantitative estimate of drug-likeness (QED) is 0.328. The van der Waals surface area contributed by atoms with E-state index in [1.54, 1.807) is 19.9 Å². The number of nitrogens with one attached hydrogen (secondary N) is 1. The SMILES string of the molecule is Cc1cc2c(N3C[C@@H](C)NC[C@@H]3C)nc(=O)n(-c3c(C)ccnc3C(C)C(F)(F)F)c2nc1-c1c(O)cccc1F. The number of nitrogens with zero attached hydrogens (tertiary/aromatic N) is 5. The van der Waals surface area contributed by atoms with Crippen molar-refractivity contribution in [1.82, 2.24) is 24.8 Å². The number of aromatic nitrogens is 4. The lowest BCUT2D eigenvalue weighted by Gasteiger charge is -2.39. The van der Waals surface area contributed by atoms with E-state index in [0.717, 1.165) is 11.5 Å². The Balaban J connectivity index is 1.92. The van der Waals surface area contributed by atoms with Gasteiger partial charge in [0.15, 0.2) is 5.65 Å². The smallest absolute Gasteiger partial charge is 0.397 e. The van der Waals surface area contributed by atoms with Gasteiger partial charge in [0.1, 0.15) is 17.4 Å². The van der Waals surface area contributed by atoms with Gasteiger partial charge < -0.3 is 15.3 Å². The van der Waals surface area contributed by atoms with Gasteiger partial charge in [-0.1, -0.05) is 6.07 Å². The van der Waals surface area contributed by atoms with Gasteiger partial charge in [0.2, 0.25) is 0 Å². The van der Waals surface area contributed by atoms with Crippen LogP contribution < -0.4 is 15.9 Å². The van der Waals surface area contributed by atoms with Crippen LogP contribution in [0.5, 0.6) is 5.75 Å². The minimum atomic E-state index is -4.64. The van der Waals surface area contributed by atoms with Gasteiger partial charge in [-0.2, -0.15) is 18.2 Å². The van der Waals surface area contributed by atoms with E-state index in [9.17, 15) is 23.1 Å². The number of hydrogen-bond acceptors (Lipinski definition) is 7. The normalized spacial score (nSPS) is 18.6. The second-order valence-corrected chi connectivity index (χ2v) is 10.6. The van der Waals surface area contributed by atoms with Crippen LogP contribution in [0.1, 0.15) is 43.5 Å². The second-order valence-electron chi connectivity index (χ2n) is 10.6. The Morgan fingerprint density at radius 2 is 1.85 bits per heavy atom. The van der Waals surface area contributed by atoms with Gasteiger partial charge in [-0.15, -0.1) is 0 Å². The zero-order valence-corrected chi connectivity index (χ0v) is 23.2. The number of aryl methyl sites for hydroxylation is 2. The maximum Gasteiger partial charge on any atom is 0.397 e. The molecule has 0 amide bonds. The molecule has 0 spiro atoms. The lowest BCUT2D eigenvalue weighted by Crippen LogP contribution is -2.55. The van der Waals surface area contributed by atoms with Crippen molar-refractivity contribution in [1.29, 1.82) is 0 Å². The van der Waals surface area contributed by atoms with Crippen molar-refractivity contribution in [3.05, 3.63) is 69.7 Å². The van der Waals surface area contributed by atoms with E-state index in [1.807, 2.05) is 18.7 Å². The van der Waals surface area contributed by atoms with Crippen LogP contribution in [0, 0.1) is 19.7 Å². The number of hydrogen-bond donors (Lipinski definition) is 2. The number of phenols is 1. The minimum Gasteiger partial charge on any atom is -0.507 e. The molecule has 1 saturated heterocycles. The predicted octanol–water partition coefficient (Wildman–Crippen LogP) is 5.16. The number of phenolic OH excluding ortho intramolecular Hbond substituents is 1. The number of fused-ring (bicyclic) bond motifs is 1. The molecule has 1 fully saturated rings. The molecule has 216 valence electrons. The van der Waals surface area contributed by atoms with Crippen LogP contribution in [0.2, 0.25) is 0 Å². The summed E-state index contributed by atoms with van der Waals surface area (Å²) in [6.45, 7) is 9.34. The van der Waals surface area contributed by atoms with Crippen LogP contribution in [-0.4, -0.2) is 56.0 Å². The summed E-state index contributed by atoms with van der Waals surface area (Å²) in [6, 6.07) is 7.03. The topological polar surface area (TPSA) is 96.2 Å². The molecule has 0 bridgehead atoms. The third kappa shape index (κ3) is 5.01. The molecule has 3 atom stereocenters. The molecule has 41 heavy (non-hydrogen) atoms. The van der Waals surface area contributed by atoms with E-state index >= 15 is 4.39 Å². The first kappa shape index (κ1) is 28.5. The van der Waals surface area contributed by atoms with Crippen molar-refractivity contribution < 1.29 is 22.7 Å². The molecule has 1 aliphatic heterocycles. The van der Waals surface area contributed by atoms with E-state index in [0.29, 0.717) is 35.4 Å². The lowest BCUT2D eigenvalue weighted by molar-refractivity contribution is -0.147. The molecule has 2 N–H and O–H groups in total. The molecule has 4 aromatic rings. The monoisotopic (exact) mass is 570 g/mol. The first-order valence-electron chi connectivity index (χ1n) is 13.2. The molecular weight excluding hydrogens is 540 g/mol. The zero-order valence-electron chi connectivity index (χ0n) is 23.2. The van der Waals surface area contributed by atoms with Gasteiger partial charge in [-0.25, -0.2) is 18.7 Å². The van der Waals surface area contributed by atoms with Crippen molar-refractivity contribution in [3.8, 4) is 22.7 Å². The summed E-state index contributed by atoms with van der Waals surface area (Å²) >= 11 is 0. The predicted molar refractivity (Wildman–Crippen MR) is 148 cm³/mol. The van der Waals surface area contributed by atoms with Crippen molar-refractivity contribution >= 4 is 16.9 Å². The number of halogens is 4. The minimum absolute atomic E-state index is 0.0200. The first-order valence-corrected chi connectivity index (χ1v) is 13.2. The maximum atomic E-state index is 15.0. The number of benzene rings is 1. The van der Waals surface area contributed by atoms with Gasteiger partial charge in [0.05, 0.1) is 33.9 Å². The zero-order chi connectivity index (χ0) is 29.8.